The molecule has 42 heavy (non-hydrogen) atoms. The zero-order valence-corrected chi connectivity index (χ0v) is 23.8. The highest BCUT2D eigenvalue weighted by atomic mass is 32.1. The highest BCUT2D eigenvalue weighted by molar-refractivity contribution is 7.25. The van der Waals surface area contributed by atoms with Crippen molar-refractivity contribution in [1.82, 2.24) is 0 Å². The Labute approximate surface area is 249 Å². The van der Waals surface area contributed by atoms with Gasteiger partial charge in [0.25, 0.3) is 0 Å². The van der Waals surface area contributed by atoms with E-state index in [4.69, 9.17) is 0 Å². The van der Waals surface area contributed by atoms with E-state index in [1.54, 1.807) is 0 Å². The lowest BCUT2D eigenvalue weighted by atomic mass is 9.96. The van der Waals surface area contributed by atoms with Crippen LogP contribution in [0.3, 0.4) is 0 Å². The Balaban J connectivity index is 1.37. The molecule has 7 aromatic carbocycles. The summed E-state index contributed by atoms with van der Waals surface area (Å²) in [6, 6.07) is 59.2. The minimum Gasteiger partial charge on any atom is -0.310 e. The van der Waals surface area contributed by atoms with E-state index in [1.165, 1.54) is 58.9 Å². The first-order valence-corrected chi connectivity index (χ1v) is 15.1. The molecular formula is C40H27NS. The van der Waals surface area contributed by atoms with Crippen molar-refractivity contribution in [3.63, 3.8) is 0 Å². The fraction of sp³-hybridized carbons (Fsp3) is 0. The third-order valence-electron chi connectivity index (χ3n) is 8.06. The van der Waals surface area contributed by atoms with Gasteiger partial charge in [-0.1, -0.05) is 127 Å². The summed E-state index contributed by atoms with van der Waals surface area (Å²) in [7, 11) is 0. The van der Waals surface area contributed by atoms with Gasteiger partial charge in [-0.05, 0) is 64.0 Å². The summed E-state index contributed by atoms with van der Waals surface area (Å²) in [5, 5.41) is 5.10. The van der Waals surface area contributed by atoms with Crippen LogP contribution in [0.2, 0.25) is 0 Å². The SMILES string of the molecule is c1ccc(-c2ccc(N(c3ccc4c(c3)sc3ccccc34)c3cccc4cccc(-c5ccccc5)c34)cc2)cc1. The molecule has 0 saturated heterocycles. The van der Waals surface area contributed by atoms with Gasteiger partial charge in [-0.2, -0.15) is 0 Å². The van der Waals surface area contributed by atoms with Crippen molar-refractivity contribution in [2.45, 2.75) is 0 Å². The molecule has 8 aromatic rings. The van der Waals surface area contributed by atoms with Crippen LogP contribution in [-0.2, 0) is 0 Å². The van der Waals surface area contributed by atoms with Crippen molar-refractivity contribution in [1.29, 1.82) is 0 Å². The van der Waals surface area contributed by atoms with Crippen LogP contribution >= 0.6 is 11.3 Å². The van der Waals surface area contributed by atoms with Crippen molar-refractivity contribution in [2.75, 3.05) is 4.90 Å². The molecule has 0 aliphatic heterocycles. The number of rotatable bonds is 5. The standard InChI is InChI=1S/C40H27NS/c1-3-11-28(12-4-1)29-21-23-32(24-22-29)41(33-25-26-36-35-17-7-8-20-38(35)42-39(36)27-33)37-19-10-16-31-15-9-18-34(40(31)37)30-13-5-2-6-14-30/h1-27H. The Morgan fingerprint density at radius 1 is 0.405 bits per heavy atom. The maximum Gasteiger partial charge on any atom is 0.0546 e. The predicted octanol–water partition coefficient (Wildman–Crippen LogP) is 12.0. The number of anilines is 3. The third-order valence-corrected chi connectivity index (χ3v) is 9.20. The lowest BCUT2D eigenvalue weighted by Crippen LogP contribution is -2.10. The summed E-state index contributed by atoms with van der Waals surface area (Å²) in [6.07, 6.45) is 0. The summed E-state index contributed by atoms with van der Waals surface area (Å²) in [6.45, 7) is 0. The molecule has 198 valence electrons. The van der Waals surface area contributed by atoms with Gasteiger partial charge in [0, 0.05) is 36.9 Å². The van der Waals surface area contributed by atoms with Gasteiger partial charge in [0.05, 0.1) is 5.69 Å². The smallest absolute Gasteiger partial charge is 0.0546 e. The molecule has 1 heterocycles. The zero-order chi connectivity index (χ0) is 27.9. The van der Waals surface area contributed by atoms with E-state index in [0.717, 1.165) is 11.4 Å². The first-order valence-electron chi connectivity index (χ1n) is 14.3. The molecule has 8 rings (SSSR count). The Kier molecular flexibility index (Phi) is 6.05. The number of benzene rings is 7. The van der Waals surface area contributed by atoms with Gasteiger partial charge in [-0.25, -0.2) is 0 Å². The summed E-state index contributed by atoms with van der Waals surface area (Å²) in [4.78, 5) is 2.42. The number of thiophene rings is 1. The monoisotopic (exact) mass is 553 g/mol. The van der Waals surface area contributed by atoms with Gasteiger partial charge in [-0.3, -0.25) is 0 Å². The topological polar surface area (TPSA) is 3.24 Å². The van der Waals surface area contributed by atoms with Crippen molar-refractivity contribution in [3.8, 4) is 22.3 Å². The molecule has 0 aliphatic rings. The molecular weight excluding hydrogens is 527 g/mol. The molecule has 0 atom stereocenters. The average molecular weight is 554 g/mol. The Morgan fingerprint density at radius 3 is 1.81 bits per heavy atom. The summed E-state index contributed by atoms with van der Waals surface area (Å²) >= 11 is 1.86. The van der Waals surface area contributed by atoms with E-state index in [9.17, 15) is 0 Å². The third kappa shape index (κ3) is 4.25. The largest absolute Gasteiger partial charge is 0.310 e. The van der Waals surface area contributed by atoms with E-state index in [-0.39, 0.29) is 0 Å². The van der Waals surface area contributed by atoms with Crippen LogP contribution in [0.4, 0.5) is 17.1 Å². The maximum absolute atomic E-state index is 2.42. The van der Waals surface area contributed by atoms with Crippen LogP contribution < -0.4 is 4.90 Å². The van der Waals surface area contributed by atoms with Crippen LogP contribution in [0.15, 0.2) is 164 Å². The quantitative estimate of drug-likeness (QED) is 0.205. The average Bonchev–Trinajstić information content (AvgIpc) is 3.44. The number of fused-ring (bicyclic) bond motifs is 4. The van der Waals surface area contributed by atoms with Gasteiger partial charge in [0.2, 0.25) is 0 Å². The number of hydrogen-bond donors (Lipinski definition) is 0. The predicted molar refractivity (Wildman–Crippen MR) is 182 cm³/mol. The summed E-state index contributed by atoms with van der Waals surface area (Å²) < 4.78 is 2.61. The van der Waals surface area contributed by atoms with E-state index < -0.39 is 0 Å². The van der Waals surface area contributed by atoms with E-state index in [1.807, 2.05) is 11.3 Å². The molecule has 2 heteroatoms. The van der Waals surface area contributed by atoms with Crippen LogP contribution in [0.1, 0.15) is 0 Å². The highest BCUT2D eigenvalue weighted by Crippen LogP contribution is 2.45. The van der Waals surface area contributed by atoms with Crippen molar-refractivity contribution in [2.24, 2.45) is 0 Å². The van der Waals surface area contributed by atoms with Crippen LogP contribution in [-0.4, -0.2) is 0 Å². The Hall–Kier alpha value is -5.18. The minimum atomic E-state index is 1.13. The zero-order valence-electron chi connectivity index (χ0n) is 22.9. The fourth-order valence-corrected chi connectivity index (χ4v) is 7.22. The molecule has 1 aromatic heterocycles. The molecule has 0 radical (unpaired) electrons. The second-order valence-electron chi connectivity index (χ2n) is 10.6. The molecule has 1 nitrogen and oxygen atoms in total. The molecule has 0 fully saturated rings. The van der Waals surface area contributed by atoms with Crippen LogP contribution in [0, 0.1) is 0 Å². The van der Waals surface area contributed by atoms with Gasteiger partial charge in [-0.15, -0.1) is 11.3 Å². The van der Waals surface area contributed by atoms with Crippen LogP contribution in [0.5, 0.6) is 0 Å². The lowest BCUT2D eigenvalue weighted by molar-refractivity contribution is 1.30. The molecule has 0 saturated carbocycles. The highest BCUT2D eigenvalue weighted by Gasteiger charge is 2.19. The second kappa shape index (κ2) is 10.3. The van der Waals surface area contributed by atoms with Crippen LogP contribution in [0.25, 0.3) is 53.2 Å². The molecule has 0 aliphatic carbocycles. The number of hydrogen-bond acceptors (Lipinski definition) is 2. The van der Waals surface area contributed by atoms with Gasteiger partial charge in [0.15, 0.2) is 0 Å². The van der Waals surface area contributed by atoms with Crippen molar-refractivity contribution < 1.29 is 0 Å². The molecule has 0 bridgehead atoms. The van der Waals surface area contributed by atoms with Gasteiger partial charge < -0.3 is 4.90 Å². The van der Waals surface area contributed by atoms with Crippen molar-refractivity contribution >= 4 is 59.3 Å². The molecule has 0 N–H and O–H groups in total. The maximum atomic E-state index is 2.42. The van der Waals surface area contributed by atoms with Crippen molar-refractivity contribution in [3.05, 3.63) is 164 Å². The molecule has 0 amide bonds. The second-order valence-corrected chi connectivity index (χ2v) is 11.7. The molecule has 0 unspecified atom stereocenters. The fourth-order valence-electron chi connectivity index (χ4n) is 6.08. The van der Waals surface area contributed by atoms with E-state index >= 15 is 0 Å². The summed E-state index contributed by atoms with van der Waals surface area (Å²) in [5.74, 6) is 0. The van der Waals surface area contributed by atoms with Gasteiger partial charge in [0.1, 0.15) is 0 Å². The normalized spacial score (nSPS) is 11.3. The minimum absolute atomic E-state index is 1.13. The van der Waals surface area contributed by atoms with E-state index in [2.05, 4.69) is 169 Å². The lowest BCUT2D eigenvalue weighted by Gasteiger charge is -2.28. The molecule has 0 spiro atoms. The first kappa shape index (κ1) is 24.6. The Morgan fingerprint density at radius 2 is 1.02 bits per heavy atom. The van der Waals surface area contributed by atoms with Gasteiger partial charge >= 0.3 is 0 Å². The summed E-state index contributed by atoms with van der Waals surface area (Å²) in [5.41, 5.74) is 8.33. The Bertz CT molecular complexity index is 2170. The first-order chi connectivity index (χ1) is 20.8. The number of nitrogens with zero attached hydrogens (tertiary/aromatic N) is 1. The van der Waals surface area contributed by atoms with E-state index in [0.29, 0.717) is 0 Å².